The second kappa shape index (κ2) is 6.79. The lowest BCUT2D eigenvalue weighted by molar-refractivity contribution is -0.128. The number of pyridine rings is 1. The zero-order valence-electron chi connectivity index (χ0n) is 12.5. The van der Waals surface area contributed by atoms with Gasteiger partial charge in [0.05, 0.1) is 5.02 Å². The van der Waals surface area contributed by atoms with E-state index in [0.717, 1.165) is 18.5 Å². The van der Waals surface area contributed by atoms with Crippen molar-refractivity contribution in [3.05, 3.63) is 58.7 Å². The van der Waals surface area contributed by atoms with E-state index in [-0.39, 0.29) is 11.8 Å². The minimum Gasteiger partial charge on any atom is -0.338 e. The van der Waals surface area contributed by atoms with Crippen molar-refractivity contribution in [3.63, 3.8) is 0 Å². The van der Waals surface area contributed by atoms with Crippen LogP contribution in [0.3, 0.4) is 0 Å². The largest absolute Gasteiger partial charge is 0.338 e. The SMILES string of the molecule is O=C(Nc1ccc(Cl)cn1)c1ccc(CN2CCCC2=O)cc1. The molecule has 1 N–H and O–H groups in total. The minimum absolute atomic E-state index is 0.195. The summed E-state index contributed by atoms with van der Waals surface area (Å²) in [5.41, 5.74) is 1.56. The maximum absolute atomic E-state index is 12.2. The van der Waals surface area contributed by atoms with E-state index in [1.807, 2.05) is 17.0 Å². The molecule has 0 unspecified atom stereocenters. The summed E-state index contributed by atoms with van der Waals surface area (Å²) in [5.74, 6) is 0.412. The Balaban J connectivity index is 1.63. The molecule has 0 aliphatic carbocycles. The molecule has 1 fully saturated rings. The number of hydrogen-bond donors (Lipinski definition) is 1. The molecule has 6 heteroatoms. The van der Waals surface area contributed by atoms with E-state index in [4.69, 9.17) is 11.6 Å². The zero-order valence-corrected chi connectivity index (χ0v) is 13.2. The van der Waals surface area contributed by atoms with E-state index in [9.17, 15) is 9.59 Å². The molecule has 0 radical (unpaired) electrons. The molecule has 1 aromatic carbocycles. The number of halogens is 1. The fourth-order valence-corrected chi connectivity index (χ4v) is 2.60. The van der Waals surface area contributed by atoms with Crippen molar-refractivity contribution in [1.29, 1.82) is 0 Å². The maximum atomic E-state index is 12.2. The van der Waals surface area contributed by atoms with Crippen LogP contribution >= 0.6 is 11.6 Å². The molecule has 1 aromatic heterocycles. The van der Waals surface area contributed by atoms with E-state index in [1.165, 1.54) is 6.20 Å². The van der Waals surface area contributed by atoms with E-state index in [2.05, 4.69) is 10.3 Å². The summed E-state index contributed by atoms with van der Waals surface area (Å²) < 4.78 is 0. The molecule has 0 spiro atoms. The number of nitrogens with one attached hydrogen (secondary N) is 1. The molecule has 0 atom stereocenters. The van der Waals surface area contributed by atoms with E-state index >= 15 is 0 Å². The topological polar surface area (TPSA) is 62.3 Å². The molecule has 0 saturated carbocycles. The standard InChI is InChI=1S/C17H16ClN3O2/c18-14-7-8-15(19-10-14)20-17(23)13-5-3-12(4-6-13)11-21-9-1-2-16(21)22/h3-8,10H,1-2,9,11H2,(H,19,20,23). The van der Waals surface area contributed by atoms with Gasteiger partial charge in [0.1, 0.15) is 5.82 Å². The van der Waals surface area contributed by atoms with Crippen molar-refractivity contribution in [2.75, 3.05) is 11.9 Å². The van der Waals surface area contributed by atoms with Crippen LogP contribution in [0.4, 0.5) is 5.82 Å². The van der Waals surface area contributed by atoms with Crippen LogP contribution in [-0.4, -0.2) is 28.2 Å². The number of carbonyl (C=O) groups is 2. The summed E-state index contributed by atoms with van der Waals surface area (Å²) in [5, 5.41) is 3.23. The number of amides is 2. The smallest absolute Gasteiger partial charge is 0.256 e. The highest BCUT2D eigenvalue weighted by molar-refractivity contribution is 6.30. The Kier molecular flexibility index (Phi) is 4.57. The van der Waals surface area contributed by atoms with Gasteiger partial charge in [-0.1, -0.05) is 23.7 Å². The third-order valence-corrected chi connectivity index (χ3v) is 3.95. The van der Waals surface area contributed by atoms with Crippen molar-refractivity contribution < 1.29 is 9.59 Å². The third kappa shape index (κ3) is 3.87. The average molecular weight is 330 g/mol. The summed E-state index contributed by atoms with van der Waals surface area (Å²) in [4.78, 5) is 29.7. The van der Waals surface area contributed by atoms with E-state index in [0.29, 0.717) is 29.4 Å². The second-order valence-electron chi connectivity index (χ2n) is 5.43. The first-order valence-corrected chi connectivity index (χ1v) is 7.79. The highest BCUT2D eigenvalue weighted by Gasteiger charge is 2.20. The van der Waals surface area contributed by atoms with Gasteiger partial charge in [0.2, 0.25) is 5.91 Å². The number of anilines is 1. The highest BCUT2D eigenvalue weighted by Crippen LogP contribution is 2.15. The molecule has 2 amide bonds. The second-order valence-corrected chi connectivity index (χ2v) is 5.87. The van der Waals surface area contributed by atoms with E-state index < -0.39 is 0 Å². The molecule has 5 nitrogen and oxygen atoms in total. The zero-order chi connectivity index (χ0) is 16.2. The molecule has 1 aliphatic rings. The summed E-state index contributed by atoms with van der Waals surface area (Å²) in [6, 6.07) is 10.6. The van der Waals surface area contributed by atoms with Crippen molar-refractivity contribution in [3.8, 4) is 0 Å². The Hall–Kier alpha value is -2.40. The molecule has 2 aromatic rings. The molecular formula is C17H16ClN3O2. The lowest BCUT2D eigenvalue weighted by atomic mass is 10.1. The van der Waals surface area contributed by atoms with Gasteiger partial charge in [0, 0.05) is 31.3 Å². The van der Waals surface area contributed by atoms with Crippen LogP contribution < -0.4 is 5.32 Å². The monoisotopic (exact) mass is 329 g/mol. The first-order valence-electron chi connectivity index (χ1n) is 7.41. The Morgan fingerprint density at radius 2 is 2.00 bits per heavy atom. The van der Waals surface area contributed by atoms with Crippen molar-refractivity contribution in [2.24, 2.45) is 0 Å². The van der Waals surface area contributed by atoms with Gasteiger partial charge >= 0.3 is 0 Å². The fourth-order valence-electron chi connectivity index (χ4n) is 2.49. The van der Waals surface area contributed by atoms with Crippen LogP contribution in [0.1, 0.15) is 28.8 Å². The Morgan fingerprint density at radius 1 is 1.22 bits per heavy atom. The molecular weight excluding hydrogens is 314 g/mol. The van der Waals surface area contributed by atoms with Crippen LogP contribution in [0.25, 0.3) is 0 Å². The number of carbonyl (C=O) groups excluding carboxylic acids is 2. The first-order chi connectivity index (χ1) is 11.1. The molecule has 118 valence electrons. The predicted molar refractivity (Wildman–Crippen MR) is 88.3 cm³/mol. The van der Waals surface area contributed by atoms with Crippen molar-refractivity contribution in [2.45, 2.75) is 19.4 Å². The van der Waals surface area contributed by atoms with Crippen LogP contribution in [0.15, 0.2) is 42.6 Å². The highest BCUT2D eigenvalue weighted by atomic mass is 35.5. The minimum atomic E-state index is -0.233. The molecule has 23 heavy (non-hydrogen) atoms. The number of nitrogens with zero attached hydrogens (tertiary/aromatic N) is 2. The normalized spacial score (nSPS) is 14.1. The predicted octanol–water partition coefficient (Wildman–Crippen LogP) is 3.11. The Bertz CT molecular complexity index is 714. The fraction of sp³-hybridized carbons (Fsp3) is 0.235. The van der Waals surface area contributed by atoms with Gasteiger partial charge in [-0.15, -0.1) is 0 Å². The maximum Gasteiger partial charge on any atom is 0.256 e. The summed E-state index contributed by atoms with van der Waals surface area (Å²) >= 11 is 5.76. The van der Waals surface area contributed by atoms with E-state index in [1.54, 1.807) is 24.3 Å². The number of likely N-dealkylation sites (tertiary alicyclic amines) is 1. The summed E-state index contributed by atoms with van der Waals surface area (Å²) in [6.07, 6.45) is 3.04. The molecule has 1 saturated heterocycles. The van der Waals surface area contributed by atoms with Crippen LogP contribution in [0.5, 0.6) is 0 Å². The Labute approximate surface area is 139 Å². The van der Waals surface area contributed by atoms with Crippen molar-refractivity contribution in [1.82, 2.24) is 9.88 Å². The quantitative estimate of drug-likeness (QED) is 0.937. The third-order valence-electron chi connectivity index (χ3n) is 3.73. The average Bonchev–Trinajstić information content (AvgIpc) is 2.95. The number of hydrogen-bond acceptors (Lipinski definition) is 3. The van der Waals surface area contributed by atoms with Gasteiger partial charge in [-0.25, -0.2) is 4.98 Å². The number of benzene rings is 1. The summed E-state index contributed by atoms with van der Waals surface area (Å²) in [6.45, 7) is 1.41. The Morgan fingerprint density at radius 3 is 2.61 bits per heavy atom. The molecule has 3 rings (SSSR count). The van der Waals surface area contributed by atoms with Gasteiger partial charge in [-0.05, 0) is 36.2 Å². The van der Waals surface area contributed by atoms with Gasteiger partial charge in [0.15, 0.2) is 0 Å². The summed E-state index contributed by atoms with van der Waals surface area (Å²) in [7, 11) is 0. The van der Waals surface area contributed by atoms with Crippen molar-refractivity contribution >= 4 is 29.2 Å². The van der Waals surface area contributed by atoms with Crippen LogP contribution in [0.2, 0.25) is 5.02 Å². The van der Waals surface area contributed by atoms with Crippen LogP contribution in [-0.2, 0) is 11.3 Å². The number of rotatable bonds is 4. The lowest BCUT2D eigenvalue weighted by Gasteiger charge is -2.15. The van der Waals surface area contributed by atoms with Crippen LogP contribution in [0, 0.1) is 0 Å². The first kappa shape index (κ1) is 15.5. The molecule has 2 heterocycles. The lowest BCUT2D eigenvalue weighted by Crippen LogP contribution is -2.23. The molecule has 0 bridgehead atoms. The van der Waals surface area contributed by atoms with Gasteiger partial charge in [-0.3, -0.25) is 9.59 Å². The molecule has 1 aliphatic heterocycles. The van der Waals surface area contributed by atoms with Gasteiger partial charge in [0.25, 0.3) is 5.91 Å². The number of aromatic nitrogens is 1. The van der Waals surface area contributed by atoms with Gasteiger partial charge in [-0.2, -0.15) is 0 Å². The van der Waals surface area contributed by atoms with Gasteiger partial charge < -0.3 is 10.2 Å².